The largest absolute Gasteiger partial charge is 0.373 e. The van der Waals surface area contributed by atoms with Gasteiger partial charge in [-0.25, -0.2) is 8.42 Å². The van der Waals surface area contributed by atoms with Crippen LogP contribution in [-0.2, 0) is 14.8 Å². The number of rotatable bonds is 3. The molecule has 0 aromatic carbocycles. The van der Waals surface area contributed by atoms with Crippen molar-refractivity contribution in [3.63, 3.8) is 0 Å². The van der Waals surface area contributed by atoms with Gasteiger partial charge in [-0.05, 0) is 19.9 Å². The highest BCUT2D eigenvalue weighted by Gasteiger charge is 2.32. The topological polar surface area (TPSA) is 89.7 Å². The van der Waals surface area contributed by atoms with Crippen molar-refractivity contribution in [2.45, 2.75) is 31.0 Å². The Kier molecular flexibility index (Phi) is 3.95. The van der Waals surface area contributed by atoms with E-state index in [2.05, 4.69) is 0 Å². The van der Waals surface area contributed by atoms with Crippen LogP contribution in [0.4, 0.5) is 0 Å². The monoisotopic (exact) mass is 304 g/mol. The quantitative estimate of drug-likeness (QED) is 0.887. The Labute approximate surface area is 116 Å². The zero-order valence-corrected chi connectivity index (χ0v) is 12.3. The van der Waals surface area contributed by atoms with Crippen LogP contribution in [0.3, 0.4) is 0 Å². The first kappa shape index (κ1) is 14.4. The number of hydrogen-bond donors (Lipinski definition) is 1. The lowest BCUT2D eigenvalue weighted by Crippen LogP contribution is -2.47. The number of primary amides is 1. The van der Waals surface area contributed by atoms with Gasteiger partial charge in [-0.2, -0.15) is 4.31 Å². The SMILES string of the molecule is C[C@@H]1CN(S(=O)(=O)c2csc(C(N)=O)c2)C[C@H](C)O1. The van der Waals surface area contributed by atoms with E-state index in [1.54, 1.807) is 0 Å². The lowest BCUT2D eigenvalue weighted by molar-refractivity contribution is -0.0440. The normalized spacial score (nSPS) is 25.4. The molecule has 0 bridgehead atoms. The number of hydrogen-bond acceptors (Lipinski definition) is 5. The van der Waals surface area contributed by atoms with Crippen LogP contribution in [0, 0.1) is 0 Å². The Hall–Kier alpha value is -0.960. The van der Waals surface area contributed by atoms with Crippen molar-refractivity contribution in [3.8, 4) is 0 Å². The van der Waals surface area contributed by atoms with Gasteiger partial charge in [0.2, 0.25) is 10.0 Å². The molecule has 6 nitrogen and oxygen atoms in total. The maximum Gasteiger partial charge on any atom is 0.258 e. The third kappa shape index (κ3) is 2.97. The summed E-state index contributed by atoms with van der Waals surface area (Å²) in [5.41, 5.74) is 5.14. The molecular weight excluding hydrogens is 288 g/mol. The molecule has 2 rings (SSSR count). The number of carbonyl (C=O) groups is 1. The lowest BCUT2D eigenvalue weighted by atomic mass is 10.3. The predicted molar refractivity (Wildman–Crippen MR) is 71.6 cm³/mol. The Morgan fingerprint density at radius 1 is 1.42 bits per heavy atom. The lowest BCUT2D eigenvalue weighted by Gasteiger charge is -2.34. The molecule has 0 aliphatic carbocycles. The molecule has 1 aromatic rings. The highest BCUT2D eigenvalue weighted by molar-refractivity contribution is 7.89. The van der Waals surface area contributed by atoms with Gasteiger partial charge in [0.1, 0.15) is 0 Å². The fourth-order valence-corrected chi connectivity index (χ4v) is 4.76. The van der Waals surface area contributed by atoms with Crippen molar-refractivity contribution in [1.82, 2.24) is 4.31 Å². The van der Waals surface area contributed by atoms with Gasteiger partial charge in [0.05, 0.1) is 22.0 Å². The van der Waals surface area contributed by atoms with Gasteiger partial charge in [0.15, 0.2) is 0 Å². The molecule has 1 aliphatic heterocycles. The number of nitrogens with zero attached hydrogens (tertiary/aromatic N) is 1. The minimum atomic E-state index is -3.58. The Balaban J connectivity index is 2.28. The summed E-state index contributed by atoms with van der Waals surface area (Å²) in [4.78, 5) is 11.4. The van der Waals surface area contributed by atoms with Crippen LogP contribution in [0.1, 0.15) is 23.5 Å². The van der Waals surface area contributed by atoms with Crippen LogP contribution in [0.5, 0.6) is 0 Å². The smallest absolute Gasteiger partial charge is 0.258 e. The van der Waals surface area contributed by atoms with Gasteiger partial charge in [0, 0.05) is 18.5 Å². The highest BCUT2D eigenvalue weighted by atomic mass is 32.2. The van der Waals surface area contributed by atoms with Gasteiger partial charge < -0.3 is 10.5 Å². The molecule has 1 saturated heterocycles. The minimum Gasteiger partial charge on any atom is -0.373 e. The Bertz CT molecular complexity index is 571. The van der Waals surface area contributed by atoms with Crippen molar-refractivity contribution >= 4 is 27.3 Å². The molecule has 0 spiro atoms. The standard InChI is InChI=1S/C11H16N2O4S2/c1-7-4-13(5-8(2)17-7)19(15,16)9-3-10(11(12)14)18-6-9/h3,6-8H,4-5H2,1-2H3,(H2,12,14)/t7-,8+. The van der Waals surface area contributed by atoms with E-state index >= 15 is 0 Å². The maximum atomic E-state index is 12.4. The summed E-state index contributed by atoms with van der Waals surface area (Å²) in [6.45, 7) is 4.30. The van der Waals surface area contributed by atoms with E-state index < -0.39 is 15.9 Å². The molecule has 1 amide bonds. The van der Waals surface area contributed by atoms with Crippen LogP contribution >= 0.6 is 11.3 Å². The van der Waals surface area contributed by atoms with E-state index in [4.69, 9.17) is 10.5 Å². The van der Waals surface area contributed by atoms with Crippen molar-refractivity contribution in [2.24, 2.45) is 5.73 Å². The molecule has 0 saturated carbocycles. The van der Waals surface area contributed by atoms with Gasteiger partial charge in [-0.15, -0.1) is 11.3 Å². The third-order valence-electron chi connectivity index (χ3n) is 2.84. The molecule has 1 aromatic heterocycles. The minimum absolute atomic E-state index is 0.118. The maximum absolute atomic E-state index is 12.4. The first-order valence-electron chi connectivity index (χ1n) is 5.84. The number of morpholine rings is 1. The molecule has 8 heteroatoms. The van der Waals surface area contributed by atoms with E-state index in [-0.39, 0.29) is 22.0 Å². The zero-order chi connectivity index (χ0) is 14.2. The molecule has 1 fully saturated rings. The molecule has 0 radical (unpaired) electrons. The second kappa shape index (κ2) is 5.20. The second-order valence-corrected chi connectivity index (χ2v) is 7.44. The zero-order valence-electron chi connectivity index (χ0n) is 10.7. The number of nitrogens with two attached hydrogens (primary N) is 1. The summed E-state index contributed by atoms with van der Waals surface area (Å²) in [6.07, 6.45) is -0.291. The van der Waals surface area contributed by atoms with Gasteiger partial charge in [-0.1, -0.05) is 0 Å². The second-order valence-electron chi connectivity index (χ2n) is 4.59. The Morgan fingerprint density at radius 2 is 2.00 bits per heavy atom. The van der Waals surface area contributed by atoms with Crippen molar-refractivity contribution in [2.75, 3.05) is 13.1 Å². The van der Waals surface area contributed by atoms with Gasteiger partial charge >= 0.3 is 0 Å². The molecule has 2 heterocycles. The van der Waals surface area contributed by atoms with E-state index in [9.17, 15) is 13.2 Å². The predicted octanol–water partition coefficient (Wildman–Crippen LogP) is 0.645. The fourth-order valence-electron chi connectivity index (χ4n) is 2.06. The number of sulfonamides is 1. The molecule has 2 N–H and O–H groups in total. The molecule has 19 heavy (non-hydrogen) atoms. The molecule has 0 unspecified atom stereocenters. The molecule has 2 atom stereocenters. The van der Waals surface area contributed by atoms with E-state index in [1.807, 2.05) is 13.8 Å². The summed E-state index contributed by atoms with van der Waals surface area (Å²) in [6, 6.07) is 1.33. The van der Waals surface area contributed by atoms with E-state index in [0.29, 0.717) is 13.1 Å². The number of thiophene rings is 1. The van der Waals surface area contributed by atoms with Crippen LogP contribution in [0.2, 0.25) is 0 Å². The van der Waals surface area contributed by atoms with Crippen LogP contribution in [0.25, 0.3) is 0 Å². The first-order chi connectivity index (χ1) is 8.80. The average molecular weight is 304 g/mol. The number of carbonyl (C=O) groups excluding carboxylic acids is 1. The van der Waals surface area contributed by atoms with Crippen molar-refractivity contribution in [3.05, 3.63) is 16.3 Å². The summed E-state index contributed by atoms with van der Waals surface area (Å²) < 4.78 is 31.8. The van der Waals surface area contributed by atoms with Crippen LogP contribution in [0.15, 0.2) is 16.3 Å². The summed E-state index contributed by atoms with van der Waals surface area (Å²) >= 11 is 1.04. The van der Waals surface area contributed by atoms with E-state index in [1.165, 1.54) is 15.8 Å². The summed E-state index contributed by atoms with van der Waals surface area (Å²) in [7, 11) is -3.58. The fraction of sp³-hybridized carbons (Fsp3) is 0.545. The average Bonchev–Trinajstić information content (AvgIpc) is 2.77. The van der Waals surface area contributed by atoms with Crippen LogP contribution < -0.4 is 5.73 Å². The van der Waals surface area contributed by atoms with Crippen LogP contribution in [-0.4, -0.2) is 43.9 Å². The summed E-state index contributed by atoms with van der Waals surface area (Å²) in [5, 5.41) is 1.44. The highest BCUT2D eigenvalue weighted by Crippen LogP contribution is 2.25. The molecule has 106 valence electrons. The number of amides is 1. The van der Waals surface area contributed by atoms with Gasteiger partial charge in [-0.3, -0.25) is 4.79 Å². The number of ether oxygens (including phenoxy) is 1. The summed E-state index contributed by atoms with van der Waals surface area (Å²) in [5.74, 6) is -0.616. The van der Waals surface area contributed by atoms with Gasteiger partial charge in [0.25, 0.3) is 5.91 Å². The third-order valence-corrected chi connectivity index (χ3v) is 5.75. The first-order valence-corrected chi connectivity index (χ1v) is 8.16. The van der Waals surface area contributed by atoms with Crippen molar-refractivity contribution < 1.29 is 17.9 Å². The van der Waals surface area contributed by atoms with Crippen molar-refractivity contribution in [1.29, 1.82) is 0 Å². The molecule has 1 aliphatic rings. The van der Waals surface area contributed by atoms with E-state index in [0.717, 1.165) is 11.3 Å². The Morgan fingerprint density at radius 3 is 2.47 bits per heavy atom. The molecular formula is C11H16N2O4S2.